The van der Waals surface area contributed by atoms with Crippen molar-refractivity contribution in [2.75, 3.05) is 28.2 Å². The van der Waals surface area contributed by atoms with E-state index in [2.05, 4.69) is 87.4 Å². The van der Waals surface area contributed by atoms with Gasteiger partial charge in [0.2, 0.25) is 0 Å². The molecule has 2 aromatic carbocycles. The van der Waals surface area contributed by atoms with Gasteiger partial charge in [0, 0.05) is 13.1 Å². The molecule has 0 aromatic heterocycles. The van der Waals surface area contributed by atoms with Crippen LogP contribution in [0.5, 0.6) is 0 Å². The Balaban J connectivity index is 2.31. The fourth-order valence-electron chi connectivity index (χ4n) is 2.85. The molecule has 0 aliphatic carbocycles. The van der Waals surface area contributed by atoms with Crippen molar-refractivity contribution >= 4 is 0 Å². The first-order valence-corrected chi connectivity index (χ1v) is 7.90. The zero-order valence-electron chi connectivity index (χ0n) is 14.6. The molecule has 0 spiro atoms. The van der Waals surface area contributed by atoms with Crippen molar-refractivity contribution in [2.45, 2.75) is 26.4 Å². The molecule has 0 aliphatic heterocycles. The smallest absolute Gasteiger partial charge is 0.0230 e. The molecular weight excluding hydrogens is 268 g/mol. The number of nitrogens with zero attached hydrogens (tertiary/aromatic N) is 2. The Bertz CT molecular complexity index is 615. The van der Waals surface area contributed by atoms with Crippen LogP contribution in [-0.2, 0) is 19.5 Å². The van der Waals surface area contributed by atoms with Gasteiger partial charge < -0.3 is 9.80 Å². The lowest BCUT2D eigenvalue weighted by molar-refractivity contribution is 0.399. The number of hydrogen-bond donors (Lipinski definition) is 0. The number of aryl methyl sites for hydroxylation is 1. The van der Waals surface area contributed by atoms with Gasteiger partial charge in [0.1, 0.15) is 0 Å². The monoisotopic (exact) mass is 296 g/mol. The van der Waals surface area contributed by atoms with Gasteiger partial charge in [-0.15, -0.1) is 0 Å². The van der Waals surface area contributed by atoms with Gasteiger partial charge in [0.15, 0.2) is 0 Å². The van der Waals surface area contributed by atoms with Gasteiger partial charge in [-0.1, -0.05) is 48.0 Å². The summed E-state index contributed by atoms with van der Waals surface area (Å²) >= 11 is 0. The molecule has 2 heteroatoms. The van der Waals surface area contributed by atoms with Crippen LogP contribution in [0.1, 0.15) is 27.8 Å². The van der Waals surface area contributed by atoms with Gasteiger partial charge in [-0.05, 0) is 63.8 Å². The molecule has 0 saturated carbocycles. The van der Waals surface area contributed by atoms with Gasteiger partial charge in [0.25, 0.3) is 0 Å². The third-order valence-electron chi connectivity index (χ3n) is 3.83. The van der Waals surface area contributed by atoms with Crippen LogP contribution in [0.25, 0.3) is 0 Å². The molecule has 2 nitrogen and oxygen atoms in total. The predicted molar refractivity (Wildman–Crippen MR) is 95.2 cm³/mol. The average molecular weight is 296 g/mol. The second-order valence-corrected chi connectivity index (χ2v) is 6.69. The van der Waals surface area contributed by atoms with E-state index in [1.165, 1.54) is 27.8 Å². The van der Waals surface area contributed by atoms with E-state index in [1.54, 1.807) is 0 Å². The van der Waals surface area contributed by atoms with Crippen LogP contribution in [0.4, 0.5) is 0 Å². The van der Waals surface area contributed by atoms with Gasteiger partial charge in [-0.2, -0.15) is 0 Å². The minimum Gasteiger partial charge on any atom is -0.305 e. The van der Waals surface area contributed by atoms with Crippen LogP contribution in [0.15, 0.2) is 42.5 Å². The molecule has 0 fully saturated rings. The number of benzene rings is 2. The normalized spacial score (nSPS) is 11.4. The van der Waals surface area contributed by atoms with Crippen LogP contribution in [-0.4, -0.2) is 38.0 Å². The molecule has 22 heavy (non-hydrogen) atoms. The average Bonchev–Trinajstić information content (AvgIpc) is 2.42. The molecule has 0 N–H and O–H groups in total. The maximum atomic E-state index is 2.32. The standard InChI is InChI=1S/C20H28N2/c1-16-10-11-18(20(12-16)15-22(4)5)13-17-8-6-7-9-19(17)14-21(2)3/h6-12H,13-15H2,1-5H3. The first kappa shape index (κ1) is 16.7. The molecule has 0 amide bonds. The highest BCUT2D eigenvalue weighted by molar-refractivity contribution is 5.38. The van der Waals surface area contributed by atoms with E-state index in [-0.39, 0.29) is 0 Å². The second-order valence-electron chi connectivity index (χ2n) is 6.69. The molecule has 0 heterocycles. The summed E-state index contributed by atoms with van der Waals surface area (Å²) in [5.74, 6) is 0. The van der Waals surface area contributed by atoms with E-state index >= 15 is 0 Å². The minimum atomic E-state index is 0.991. The summed E-state index contributed by atoms with van der Waals surface area (Å²) in [6.07, 6.45) is 1.01. The van der Waals surface area contributed by atoms with Crippen LogP contribution >= 0.6 is 0 Å². The first-order chi connectivity index (χ1) is 10.5. The summed E-state index contributed by atoms with van der Waals surface area (Å²) in [4.78, 5) is 4.47. The molecule has 0 unspecified atom stereocenters. The van der Waals surface area contributed by atoms with E-state index in [0.717, 1.165) is 19.5 Å². The zero-order chi connectivity index (χ0) is 16.1. The highest BCUT2D eigenvalue weighted by Gasteiger charge is 2.09. The van der Waals surface area contributed by atoms with E-state index in [0.29, 0.717) is 0 Å². The lowest BCUT2D eigenvalue weighted by atomic mass is 9.95. The van der Waals surface area contributed by atoms with Crippen molar-refractivity contribution in [2.24, 2.45) is 0 Å². The number of rotatable bonds is 6. The molecule has 0 saturated heterocycles. The Morgan fingerprint density at radius 2 is 1.23 bits per heavy atom. The Morgan fingerprint density at radius 1 is 0.682 bits per heavy atom. The van der Waals surface area contributed by atoms with Crippen molar-refractivity contribution in [3.63, 3.8) is 0 Å². The van der Waals surface area contributed by atoms with Crippen molar-refractivity contribution in [3.05, 3.63) is 70.3 Å². The maximum Gasteiger partial charge on any atom is 0.0230 e. The Hall–Kier alpha value is -1.64. The second kappa shape index (κ2) is 7.57. The molecule has 2 aromatic rings. The van der Waals surface area contributed by atoms with Crippen molar-refractivity contribution in [1.29, 1.82) is 0 Å². The first-order valence-electron chi connectivity index (χ1n) is 7.90. The highest BCUT2D eigenvalue weighted by atomic mass is 15.1. The Labute approximate surface area is 135 Å². The lowest BCUT2D eigenvalue weighted by Gasteiger charge is -2.18. The molecule has 0 atom stereocenters. The summed E-state index contributed by atoms with van der Waals surface area (Å²) in [5.41, 5.74) is 7.06. The molecule has 2 rings (SSSR count). The van der Waals surface area contributed by atoms with Crippen molar-refractivity contribution in [1.82, 2.24) is 9.80 Å². The van der Waals surface area contributed by atoms with Gasteiger partial charge in [-0.3, -0.25) is 0 Å². The minimum absolute atomic E-state index is 0.991. The topological polar surface area (TPSA) is 6.48 Å². The molecular formula is C20H28N2. The van der Waals surface area contributed by atoms with Crippen LogP contribution in [0, 0.1) is 6.92 Å². The predicted octanol–water partition coefficient (Wildman–Crippen LogP) is 3.71. The van der Waals surface area contributed by atoms with Crippen LogP contribution < -0.4 is 0 Å². The van der Waals surface area contributed by atoms with E-state index < -0.39 is 0 Å². The fourth-order valence-corrected chi connectivity index (χ4v) is 2.85. The largest absolute Gasteiger partial charge is 0.305 e. The summed E-state index contributed by atoms with van der Waals surface area (Å²) in [7, 11) is 8.51. The zero-order valence-corrected chi connectivity index (χ0v) is 14.6. The fraction of sp³-hybridized carbons (Fsp3) is 0.400. The quantitative estimate of drug-likeness (QED) is 0.802. The molecule has 0 radical (unpaired) electrons. The molecule has 0 aliphatic rings. The summed E-state index contributed by atoms with van der Waals surface area (Å²) in [6.45, 7) is 4.15. The third-order valence-corrected chi connectivity index (χ3v) is 3.83. The summed E-state index contributed by atoms with van der Waals surface area (Å²) in [6, 6.07) is 15.6. The number of hydrogen-bond acceptors (Lipinski definition) is 2. The summed E-state index contributed by atoms with van der Waals surface area (Å²) < 4.78 is 0. The van der Waals surface area contributed by atoms with Gasteiger partial charge in [-0.25, -0.2) is 0 Å². The Morgan fingerprint density at radius 3 is 1.86 bits per heavy atom. The third kappa shape index (κ3) is 4.69. The Kier molecular flexibility index (Phi) is 5.76. The van der Waals surface area contributed by atoms with Crippen LogP contribution in [0.2, 0.25) is 0 Å². The van der Waals surface area contributed by atoms with Crippen molar-refractivity contribution in [3.8, 4) is 0 Å². The van der Waals surface area contributed by atoms with E-state index in [9.17, 15) is 0 Å². The highest BCUT2D eigenvalue weighted by Crippen LogP contribution is 2.20. The SMILES string of the molecule is Cc1ccc(Cc2ccccc2CN(C)C)c(CN(C)C)c1. The van der Waals surface area contributed by atoms with Crippen LogP contribution in [0.3, 0.4) is 0 Å². The van der Waals surface area contributed by atoms with E-state index in [4.69, 9.17) is 0 Å². The summed E-state index contributed by atoms with van der Waals surface area (Å²) in [5, 5.41) is 0. The maximum absolute atomic E-state index is 2.32. The van der Waals surface area contributed by atoms with E-state index in [1.807, 2.05) is 0 Å². The molecule has 118 valence electrons. The molecule has 0 bridgehead atoms. The van der Waals surface area contributed by atoms with Gasteiger partial charge >= 0.3 is 0 Å². The van der Waals surface area contributed by atoms with Crippen molar-refractivity contribution < 1.29 is 0 Å². The van der Waals surface area contributed by atoms with Gasteiger partial charge in [0.05, 0.1) is 0 Å². The lowest BCUT2D eigenvalue weighted by Crippen LogP contribution is -2.14.